The molecular formula is C21H25FN2O2S. The first-order valence-electron chi connectivity index (χ1n) is 9.33. The second kappa shape index (κ2) is 8.65. The van der Waals surface area contributed by atoms with E-state index in [1.165, 1.54) is 12.1 Å². The first-order chi connectivity index (χ1) is 13.0. The summed E-state index contributed by atoms with van der Waals surface area (Å²) in [5, 5.41) is 5.08. The minimum atomic E-state index is -0.311. The molecule has 1 saturated heterocycles. The lowest BCUT2D eigenvalue weighted by Crippen LogP contribution is -2.47. The molecule has 0 bridgehead atoms. The molecule has 0 aliphatic carbocycles. The van der Waals surface area contributed by atoms with Crippen LogP contribution in [0.2, 0.25) is 0 Å². The van der Waals surface area contributed by atoms with E-state index in [9.17, 15) is 14.0 Å². The van der Waals surface area contributed by atoms with Crippen LogP contribution in [0.5, 0.6) is 0 Å². The smallest absolute Gasteiger partial charge is 0.225 e. The van der Waals surface area contributed by atoms with E-state index >= 15 is 0 Å². The number of benzene rings is 1. The summed E-state index contributed by atoms with van der Waals surface area (Å²) in [7, 11) is 0. The highest BCUT2D eigenvalue weighted by atomic mass is 32.1. The molecule has 1 fully saturated rings. The molecule has 2 atom stereocenters. The predicted molar refractivity (Wildman–Crippen MR) is 105 cm³/mol. The fourth-order valence-corrected chi connectivity index (χ4v) is 4.25. The molecule has 2 aromatic rings. The van der Waals surface area contributed by atoms with Crippen molar-refractivity contribution in [3.63, 3.8) is 0 Å². The van der Waals surface area contributed by atoms with E-state index in [-0.39, 0.29) is 35.5 Å². The lowest BCUT2D eigenvalue weighted by molar-refractivity contribution is -0.138. The van der Waals surface area contributed by atoms with Crippen molar-refractivity contribution < 1.29 is 14.0 Å². The number of carbonyl (C=O) groups excluding carboxylic acids is 2. The zero-order chi connectivity index (χ0) is 19.4. The molecule has 2 heterocycles. The topological polar surface area (TPSA) is 49.4 Å². The van der Waals surface area contributed by atoms with Crippen LogP contribution >= 0.6 is 11.3 Å². The van der Waals surface area contributed by atoms with Crippen LogP contribution in [0.15, 0.2) is 41.8 Å². The lowest BCUT2D eigenvalue weighted by atomic mass is 9.95. The van der Waals surface area contributed by atoms with Gasteiger partial charge < -0.3 is 10.2 Å². The van der Waals surface area contributed by atoms with E-state index in [4.69, 9.17) is 0 Å². The standard InChI is InChI=1S/C21H25FN2O2S/c1-14(2)21(26)24-11-3-5-16(13-24)20(25)23-19(18-6-4-12-27-18)15-7-9-17(22)10-8-15/h4,6-10,12,14,16,19H,3,5,11,13H2,1-2H3,(H,23,25)/t16-,19+/m1/s1. The van der Waals surface area contributed by atoms with E-state index in [2.05, 4.69) is 5.32 Å². The Morgan fingerprint density at radius 3 is 2.59 bits per heavy atom. The first kappa shape index (κ1) is 19.5. The molecule has 2 amide bonds. The van der Waals surface area contributed by atoms with Crippen LogP contribution in [-0.2, 0) is 9.59 Å². The lowest BCUT2D eigenvalue weighted by Gasteiger charge is -2.34. The number of carbonyl (C=O) groups is 2. The molecule has 4 nitrogen and oxygen atoms in total. The van der Waals surface area contributed by atoms with E-state index in [0.29, 0.717) is 13.1 Å². The van der Waals surface area contributed by atoms with Crippen molar-refractivity contribution >= 4 is 23.2 Å². The second-order valence-electron chi connectivity index (χ2n) is 7.29. The van der Waals surface area contributed by atoms with Crippen molar-refractivity contribution in [3.8, 4) is 0 Å². The third kappa shape index (κ3) is 4.75. The summed E-state index contributed by atoms with van der Waals surface area (Å²) in [6.45, 7) is 4.94. The van der Waals surface area contributed by atoms with Crippen LogP contribution in [0.1, 0.15) is 43.2 Å². The van der Waals surface area contributed by atoms with Crippen molar-refractivity contribution in [3.05, 3.63) is 58.0 Å². The molecule has 144 valence electrons. The highest BCUT2D eigenvalue weighted by Gasteiger charge is 2.31. The fourth-order valence-electron chi connectivity index (χ4n) is 3.45. The number of amides is 2. The maximum atomic E-state index is 13.3. The van der Waals surface area contributed by atoms with Gasteiger partial charge in [0.25, 0.3) is 0 Å². The van der Waals surface area contributed by atoms with Crippen molar-refractivity contribution in [2.45, 2.75) is 32.7 Å². The molecule has 1 aliphatic heterocycles. The first-order valence-corrected chi connectivity index (χ1v) is 10.2. The molecule has 1 N–H and O–H groups in total. The van der Waals surface area contributed by atoms with Crippen LogP contribution in [0.25, 0.3) is 0 Å². The van der Waals surface area contributed by atoms with Crippen molar-refractivity contribution in [2.75, 3.05) is 13.1 Å². The third-order valence-corrected chi connectivity index (χ3v) is 5.85. The van der Waals surface area contributed by atoms with Gasteiger partial charge in [-0.15, -0.1) is 11.3 Å². The van der Waals surface area contributed by atoms with Crippen molar-refractivity contribution in [2.24, 2.45) is 11.8 Å². The molecule has 6 heteroatoms. The molecule has 1 aliphatic rings. The monoisotopic (exact) mass is 388 g/mol. The molecule has 0 radical (unpaired) electrons. The van der Waals surface area contributed by atoms with Gasteiger partial charge in [-0.05, 0) is 42.0 Å². The van der Waals surface area contributed by atoms with Gasteiger partial charge >= 0.3 is 0 Å². The Bertz CT molecular complexity index is 774. The summed E-state index contributed by atoms with van der Waals surface area (Å²) in [5.41, 5.74) is 0.845. The van der Waals surface area contributed by atoms with Crippen LogP contribution in [0.4, 0.5) is 4.39 Å². The number of piperidine rings is 1. The highest BCUT2D eigenvalue weighted by molar-refractivity contribution is 7.10. The van der Waals surface area contributed by atoms with Crippen molar-refractivity contribution in [1.82, 2.24) is 10.2 Å². The highest BCUT2D eigenvalue weighted by Crippen LogP contribution is 2.28. The Morgan fingerprint density at radius 1 is 1.22 bits per heavy atom. The minimum absolute atomic E-state index is 0.0565. The number of likely N-dealkylation sites (tertiary alicyclic amines) is 1. The van der Waals surface area contributed by atoms with Gasteiger partial charge in [0.05, 0.1) is 12.0 Å². The van der Waals surface area contributed by atoms with E-state index < -0.39 is 0 Å². The summed E-state index contributed by atoms with van der Waals surface area (Å²) in [6, 6.07) is 9.82. The van der Waals surface area contributed by atoms with E-state index in [1.807, 2.05) is 31.4 Å². The Kier molecular flexibility index (Phi) is 6.26. The Labute approximate surface area is 163 Å². The van der Waals surface area contributed by atoms with E-state index in [0.717, 1.165) is 23.3 Å². The minimum Gasteiger partial charge on any atom is -0.344 e. The molecule has 1 aromatic carbocycles. The quantitative estimate of drug-likeness (QED) is 0.842. The van der Waals surface area contributed by atoms with Crippen LogP contribution in [0.3, 0.4) is 0 Å². The Morgan fingerprint density at radius 2 is 1.96 bits per heavy atom. The fraction of sp³-hybridized carbons (Fsp3) is 0.429. The number of nitrogens with zero attached hydrogens (tertiary/aromatic N) is 1. The number of halogens is 1. The SMILES string of the molecule is CC(C)C(=O)N1CCC[C@@H](C(=O)N[C@@H](c2ccc(F)cc2)c2cccs2)C1. The summed E-state index contributed by atoms with van der Waals surface area (Å²) in [4.78, 5) is 28.1. The van der Waals surface area contributed by atoms with Crippen molar-refractivity contribution in [1.29, 1.82) is 0 Å². The maximum absolute atomic E-state index is 13.3. The second-order valence-corrected chi connectivity index (χ2v) is 8.27. The average molecular weight is 389 g/mol. The van der Waals surface area contributed by atoms with Crippen LogP contribution < -0.4 is 5.32 Å². The number of nitrogens with one attached hydrogen (secondary N) is 1. The maximum Gasteiger partial charge on any atom is 0.225 e. The average Bonchev–Trinajstić information content (AvgIpc) is 3.20. The van der Waals surface area contributed by atoms with Gasteiger partial charge in [-0.2, -0.15) is 0 Å². The van der Waals surface area contributed by atoms with Crippen LogP contribution in [0, 0.1) is 17.7 Å². The normalized spacial score (nSPS) is 18.4. The number of hydrogen-bond donors (Lipinski definition) is 1. The van der Waals surface area contributed by atoms with Gasteiger partial charge in [0.1, 0.15) is 5.82 Å². The van der Waals surface area contributed by atoms with Gasteiger partial charge in [0, 0.05) is 23.9 Å². The van der Waals surface area contributed by atoms with Gasteiger partial charge in [-0.3, -0.25) is 9.59 Å². The molecule has 0 spiro atoms. The van der Waals surface area contributed by atoms with E-state index in [1.54, 1.807) is 28.4 Å². The Hall–Kier alpha value is -2.21. The summed E-state index contributed by atoms with van der Waals surface area (Å²) in [5.74, 6) is -0.542. The largest absolute Gasteiger partial charge is 0.344 e. The molecule has 0 unspecified atom stereocenters. The summed E-state index contributed by atoms with van der Waals surface area (Å²) in [6.07, 6.45) is 1.60. The zero-order valence-electron chi connectivity index (χ0n) is 15.7. The zero-order valence-corrected chi connectivity index (χ0v) is 16.5. The number of thiophene rings is 1. The van der Waals surface area contributed by atoms with Gasteiger partial charge in [-0.1, -0.05) is 32.0 Å². The molecule has 0 saturated carbocycles. The molecular weight excluding hydrogens is 363 g/mol. The van der Waals surface area contributed by atoms with Crippen LogP contribution in [-0.4, -0.2) is 29.8 Å². The summed E-state index contributed by atoms with van der Waals surface area (Å²) >= 11 is 1.56. The van der Waals surface area contributed by atoms with Gasteiger partial charge in [0.2, 0.25) is 11.8 Å². The number of rotatable bonds is 5. The Balaban J connectivity index is 1.74. The predicted octanol–water partition coefficient (Wildman–Crippen LogP) is 3.99. The molecule has 1 aromatic heterocycles. The number of hydrogen-bond acceptors (Lipinski definition) is 3. The third-order valence-electron chi connectivity index (χ3n) is 4.92. The molecule has 27 heavy (non-hydrogen) atoms. The molecule has 3 rings (SSSR count). The summed E-state index contributed by atoms with van der Waals surface area (Å²) < 4.78 is 13.3. The van der Waals surface area contributed by atoms with Gasteiger partial charge in [-0.25, -0.2) is 4.39 Å². The van der Waals surface area contributed by atoms with Gasteiger partial charge in [0.15, 0.2) is 0 Å².